The van der Waals surface area contributed by atoms with E-state index in [0.717, 1.165) is 10.4 Å². The third-order valence-corrected chi connectivity index (χ3v) is 9.91. The number of esters is 1. The summed E-state index contributed by atoms with van der Waals surface area (Å²) >= 11 is 6.26. The fraction of sp³-hybridized carbons (Fsp3) is 0.524. The molecule has 0 amide bonds. The number of fused-ring (bicyclic) bond motifs is 1. The van der Waals surface area contributed by atoms with Gasteiger partial charge in [0.05, 0.1) is 136 Å². The van der Waals surface area contributed by atoms with Crippen LogP contribution >= 0.6 is 19.2 Å². The first-order valence-electron chi connectivity index (χ1n) is 21.8. The molecular formula is C42H56ClF3N9O14P. The van der Waals surface area contributed by atoms with Gasteiger partial charge >= 0.3 is 13.6 Å². The van der Waals surface area contributed by atoms with Crippen molar-refractivity contribution in [1.29, 1.82) is 0 Å². The van der Waals surface area contributed by atoms with Crippen LogP contribution in [0.2, 0.25) is 5.28 Å². The van der Waals surface area contributed by atoms with Crippen LogP contribution in [0, 0.1) is 17.5 Å². The highest BCUT2D eigenvalue weighted by molar-refractivity contribution is 7.51. The van der Waals surface area contributed by atoms with Crippen LogP contribution in [0.4, 0.5) is 19.0 Å². The first-order valence-corrected chi connectivity index (χ1v) is 24.0. The third-order valence-electron chi connectivity index (χ3n) is 9.29. The maximum absolute atomic E-state index is 13.6. The summed E-state index contributed by atoms with van der Waals surface area (Å²) in [5.41, 5.74) is 1.84. The van der Waals surface area contributed by atoms with Crippen molar-refractivity contribution in [3.8, 4) is 5.75 Å². The summed E-state index contributed by atoms with van der Waals surface area (Å²) in [6.45, 7) is 6.42. The van der Waals surface area contributed by atoms with Crippen LogP contribution in [0.1, 0.15) is 17.7 Å². The second-order valence-corrected chi connectivity index (χ2v) is 16.6. The summed E-state index contributed by atoms with van der Waals surface area (Å²) in [7, 11) is -2.67. The van der Waals surface area contributed by atoms with E-state index in [1.54, 1.807) is 22.9 Å². The predicted molar refractivity (Wildman–Crippen MR) is 241 cm³/mol. The molecule has 2 aromatic carbocycles. The smallest absolute Gasteiger partial charge is 0.365 e. The minimum Gasteiger partial charge on any atom is -0.420 e. The number of carbonyl (C=O) groups excluding carboxylic acids is 1. The summed E-state index contributed by atoms with van der Waals surface area (Å²) in [6, 6.07) is 10.6. The van der Waals surface area contributed by atoms with Crippen molar-refractivity contribution in [1.82, 2.24) is 39.9 Å². The number of hydrogen-bond acceptors (Lipinski definition) is 19. The number of aromatic nitrogens is 7. The van der Waals surface area contributed by atoms with E-state index in [-0.39, 0.29) is 43.8 Å². The molecule has 2 N–H and O–H groups in total. The van der Waals surface area contributed by atoms with Gasteiger partial charge in [0.15, 0.2) is 17.5 Å². The lowest BCUT2D eigenvalue weighted by Gasteiger charge is -2.33. The predicted octanol–water partition coefficient (Wildman–Crippen LogP) is 3.23. The Kier molecular flexibility index (Phi) is 24.6. The molecule has 5 aromatic rings. The quantitative estimate of drug-likeness (QED) is 0.0145. The molecule has 5 rings (SSSR count). The SMILES string of the molecule is CN(c1nc(Cl)nc2c1cnn2OCP(=O)(O)O)N(CCOCCOCCOCCOCc1cn(CCOCCOCCOCCOCCC(=O)Oc2c(F)cc(F)cc2F)nn1)Cc1ccccc1. The molecule has 0 aliphatic rings. The molecule has 0 radical (unpaired) electrons. The normalized spacial score (nSPS) is 11.8. The lowest BCUT2D eigenvalue weighted by Crippen LogP contribution is -2.42. The third kappa shape index (κ3) is 20.8. The van der Waals surface area contributed by atoms with Crippen LogP contribution in [0.5, 0.6) is 5.75 Å². The average molecular weight is 1030 g/mol. The number of hydrazine groups is 1. The molecule has 0 spiro atoms. The number of carbonyl (C=O) groups is 1. The van der Waals surface area contributed by atoms with E-state index in [2.05, 4.69) is 30.1 Å². The molecule has 3 aromatic heterocycles. The molecule has 0 saturated heterocycles. The first kappa shape index (κ1) is 56.0. The van der Waals surface area contributed by atoms with Crippen molar-refractivity contribution < 1.29 is 79.8 Å². The highest BCUT2D eigenvalue weighted by atomic mass is 35.5. The van der Waals surface area contributed by atoms with Crippen molar-refractivity contribution in [2.24, 2.45) is 0 Å². The van der Waals surface area contributed by atoms with Gasteiger partial charge in [-0.3, -0.25) is 14.4 Å². The Balaban J connectivity index is 0.822. The van der Waals surface area contributed by atoms with Crippen LogP contribution in [0.15, 0.2) is 54.9 Å². The molecule has 0 unspecified atom stereocenters. The maximum Gasteiger partial charge on any atom is 0.365 e. The molecular weight excluding hydrogens is 978 g/mol. The van der Waals surface area contributed by atoms with Crippen LogP contribution in [-0.4, -0.2) is 175 Å². The van der Waals surface area contributed by atoms with Gasteiger partial charge in [-0.05, 0) is 17.2 Å². The number of rotatable bonds is 37. The lowest BCUT2D eigenvalue weighted by molar-refractivity contribution is -0.136. The van der Waals surface area contributed by atoms with Crippen molar-refractivity contribution >= 4 is 42.0 Å². The van der Waals surface area contributed by atoms with E-state index in [1.807, 2.05) is 35.3 Å². The Labute approximate surface area is 405 Å². The standard InChI is InChI=1S/C42H56ClF3N9O14P/c1-52(40-35-27-47-55(68-31-70(57,58)59)41(35)49-42(43)48-40)54(28-32-5-3-2-4-6-32)9-12-62-15-18-65-21-22-66-23-24-67-30-34-29-53(51-50-34)8-11-61-14-17-64-20-19-63-16-13-60-10-7-38(56)69-39-36(45)25-33(44)26-37(39)46/h2-6,25-27,29H,7-24,28,30-31H2,1H3,(H2,57,58,59). The van der Waals surface area contributed by atoms with E-state index >= 15 is 0 Å². The Morgan fingerprint density at radius 1 is 0.771 bits per heavy atom. The zero-order valence-electron chi connectivity index (χ0n) is 38.3. The van der Waals surface area contributed by atoms with Crippen molar-refractivity contribution in [3.63, 3.8) is 0 Å². The summed E-state index contributed by atoms with van der Waals surface area (Å²) in [5, 5.41) is 16.4. The van der Waals surface area contributed by atoms with Crippen molar-refractivity contribution in [2.75, 3.05) is 124 Å². The van der Waals surface area contributed by atoms with Gasteiger partial charge in [0, 0.05) is 32.3 Å². The van der Waals surface area contributed by atoms with Crippen LogP contribution in [0.3, 0.4) is 0 Å². The number of anilines is 1. The summed E-state index contributed by atoms with van der Waals surface area (Å²) in [4.78, 5) is 44.9. The topological polar surface area (TPSA) is 248 Å². The van der Waals surface area contributed by atoms with Crippen molar-refractivity contribution in [2.45, 2.75) is 26.1 Å². The zero-order chi connectivity index (χ0) is 50.0. The molecule has 0 aliphatic carbocycles. The molecule has 0 atom stereocenters. The lowest BCUT2D eigenvalue weighted by atomic mass is 10.2. The number of benzene rings is 2. The molecule has 0 saturated carbocycles. The van der Waals surface area contributed by atoms with Crippen molar-refractivity contribution in [3.05, 3.63) is 88.9 Å². The second-order valence-electron chi connectivity index (χ2n) is 14.6. The molecule has 28 heteroatoms. The molecule has 0 bridgehead atoms. The minimum atomic E-state index is -4.47. The molecule has 3 heterocycles. The van der Waals surface area contributed by atoms with E-state index in [9.17, 15) is 32.3 Å². The maximum atomic E-state index is 13.6. The Hall–Kier alpha value is -4.93. The van der Waals surface area contributed by atoms with Crippen LogP contribution < -0.4 is 14.6 Å². The molecule has 386 valence electrons. The largest absolute Gasteiger partial charge is 0.420 e. The molecule has 0 fully saturated rings. The molecule has 0 aliphatic heterocycles. The Morgan fingerprint density at radius 3 is 1.96 bits per heavy atom. The number of nitrogens with zero attached hydrogens (tertiary/aromatic N) is 9. The Bertz CT molecular complexity index is 2330. The monoisotopic (exact) mass is 1030 g/mol. The van der Waals surface area contributed by atoms with Gasteiger partial charge in [-0.25, -0.2) is 22.9 Å². The Morgan fingerprint density at radius 2 is 1.34 bits per heavy atom. The number of halogens is 4. The number of ether oxygens (including phenoxy) is 9. The van der Waals surface area contributed by atoms with Gasteiger partial charge in [-0.15, -0.1) is 10.2 Å². The summed E-state index contributed by atoms with van der Waals surface area (Å²) in [5.74, 6) is -5.23. The van der Waals surface area contributed by atoms with Gasteiger partial charge in [0.25, 0.3) is 0 Å². The van der Waals surface area contributed by atoms with Gasteiger partial charge in [-0.1, -0.05) is 40.4 Å². The van der Waals surface area contributed by atoms with Crippen LogP contribution in [0.25, 0.3) is 11.0 Å². The summed E-state index contributed by atoms with van der Waals surface area (Å²) in [6.07, 6.45) is 2.05. The molecule has 70 heavy (non-hydrogen) atoms. The second kappa shape index (κ2) is 30.7. The van der Waals surface area contributed by atoms with E-state index in [4.69, 9.17) is 54.3 Å². The zero-order valence-corrected chi connectivity index (χ0v) is 40.0. The van der Waals surface area contributed by atoms with E-state index in [0.29, 0.717) is 128 Å². The van der Waals surface area contributed by atoms with E-state index < -0.39 is 43.1 Å². The van der Waals surface area contributed by atoms with Gasteiger partial charge in [0.2, 0.25) is 23.0 Å². The van der Waals surface area contributed by atoms with E-state index in [1.165, 1.54) is 6.20 Å². The van der Waals surface area contributed by atoms with Crippen LogP contribution in [-0.2, 0) is 67.0 Å². The fourth-order valence-corrected chi connectivity index (χ4v) is 6.39. The fourth-order valence-electron chi connectivity index (χ4n) is 5.97. The highest BCUT2D eigenvalue weighted by Crippen LogP contribution is 2.33. The van der Waals surface area contributed by atoms with Gasteiger partial charge < -0.3 is 57.3 Å². The van der Waals surface area contributed by atoms with Gasteiger partial charge in [0.1, 0.15) is 11.5 Å². The van der Waals surface area contributed by atoms with Gasteiger partial charge in [-0.2, -0.15) is 9.97 Å². The summed E-state index contributed by atoms with van der Waals surface area (Å²) < 4.78 is 102. The molecule has 23 nitrogen and oxygen atoms in total. The average Bonchev–Trinajstić information content (AvgIpc) is 3.96. The number of hydrogen-bond donors (Lipinski definition) is 2. The first-order chi connectivity index (χ1) is 33.9. The minimum absolute atomic E-state index is 0.0563. The highest BCUT2D eigenvalue weighted by Gasteiger charge is 2.23.